The summed E-state index contributed by atoms with van der Waals surface area (Å²) in [5, 5.41) is 11.8. The van der Waals surface area contributed by atoms with Gasteiger partial charge in [-0.25, -0.2) is 0 Å². The Bertz CT molecular complexity index is 882. The highest BCUT2D eigenvalue weighted by molar-refractivity contribution is 6.01. The fourth-order valence-corrected chi connectivity index (χ4v) is 3.78. The van der Waals surface area contributed by atoms with Gasteiger partial charge in [-0.1, -0.05) is 49.6 Å². The van der Waals surface area contributed by atoms with Gasteiger partial charge in [-0.15, -0.1) is 0 Å². The second kappa shape index (κ2) is 7.73. The quantitative estimate of drug-likeness (QED) is 0.828. The molecule has 2 aromatic rings. The summed E-state index contributed by atoms with van der Waals surface area (Å²) in [6.07, 6.45) is 18.6. The maximum absolute atomic E-state index is 12.7. The first kappa shape index (κ1) is 16.8. The first-order chi connectivity index (χ1) is 12.8. The highest BCUT2D eigenvalue weighted by Gasteiger charge is 2.18. The van der Waals surface area contributed by atoms with Crippen molar-refractivity contribution in [3.63, 3.8) is 0 Å². The number of benzene rings is 1. The lowest BCUT2D eigenvalue weighted by molar-refractivity contribution is 0.0928. The van der Waals surface area contributed by atoms with Crippen LogP contribution in [0.4, 0.5) is 0 Å². The molecule has 1 saturated carbocycles. The van der Waals surface area contributed by atoms with E-state index in [1.54, 1.807) is 0 Å². The molecule has 2 N–H and O–H groups in total. The van der Waals surface area contributed by atoms with E-state index in [-0.39, 0.29) is 5.91 Å². The average molecular weight is 347 g/mol. The molecule has 2 aliphatic rings. The summed E-state index contributed by atoms with van der Waals surface area (Å²) in [5.74, 6) is 0.0213. The summed E-state index contributed by atoms with van der Waals surface area (Å²) in [6.45, 7) is 0. The summed E-state index contributed by atoms with van der Waals surface area (Å²) in [6, 6.07) is 6.11. The van der Waals surface area contributed by atoms with Gasteiger partial charge in [0.05, 0.1) is 11.2 Å². The molecule has 0 bridgehead atoms. The number of nitrogens with zero attached hydrogens (tertiary/aromatic N) is 1. The molecule has 134 valence electrons. The van der Waals surface area contributed by atoms with E-state index in [4.69, 9.17) is 0 Å². The van der Waals surface area contributed by atoms with Gasteiger partial charge in [-0.3, -0.25) is 9.89 Å². The predicted molar refractivity (Wildman–Crippen MR) is 106 cm³/mol. The van der Waals surface area contributed by atoms with Crippen LogP contribution in [0.3, 0.4) is 0 Å². The zero-order chi connectivity index (χ0) is 17.8. The van der Waals surface area contributed by atoms with Crippen LogP contribution in [0.1, 0.15) is 61.0 Å². The van der Waals surface area contributed by atoms with Crippen molar-refractivity contribution in [3.8, 4) is 0 Å². The Morgan fingerprint density at radius 3 is 2.85 bits per heavy atom. The standard InChI is InChI=1S/C22H25N3O/c26-22(23-18-11-7-4-8-12-18)17-13-14-20-19(15-17)21(25-24-20)16-9-5-2-1-3-6-10-16/h2,5-6,9-10,13-15,18H,1,3-4,7-8,11-12H2,(H,23,26)(H,24,25)/b5-2-,10-6-,16-9+. The fourth-order valence-electron chi connectivity index (χ4n) is 3.78. The number of aromatic nitrogens is 2. The first-order valence-corrected chi connectivity index (χ1v) is 9.64. The third-order valence-electron chi connectivity index (χ3n) is 5.25. The molecule has 4 rings (SSSR count). The van der Waals surface area contributed by atoms with Gasteiger partial charge in [0.1, 0.15) is 0 Å². The third kappa shape index (κ3) is 3.64. The van der Waals surface area contributed by atoms with Gasteiger partial charge in [0.25, 0.3) is 5.91 Å². The Morgan fingerprint density at radius 1 is 1.12 bits per heavy atom. The number of fused-ring (bicyclic) bond motifs is 1. The summed E-state index contributed by atoms with van der Waals surface area (Å²) in [7, 11) is 0. The van der Waals surface area contributed by atoms with Gasteiger partial charge in [0.2, 0.25) is 0 Å². The molecule has 26 heavy (non-hydrogen) atoms. The number of carbonyl (C=O) groups is 1. The number of rotatable bonds is 3. The van der Waals surface area contributed by atoms with Crippen molar-refractivity contribution >= 4 is 22.4 Å². The lowest BCUT2D eigenvalue weighted by atomic mass is 9.95. The van der Waals surface area contributed by atoms with E-state index in [0.29, 0.717) is 11.6 Å². The second-order valence-electron chi connectivity index (χ2n) is 7.17. The molecule has 4 heteroatoms. The maximum Gasteiger partial charge on any atom is 0.251 e. The molecule has 0 radical (unpaired) electrons. The number of carbonyl (C=O) groups excluding carboxylic acids is 1. The van der Waals surface area contributed by atoms with Crippen molar-refractivity contribution in [3.05, 3.63) is 59.8 Å². The molecule has 1 aromatic carbocycles. The van der Waals surface area contributed by atoms with Crippen LogP contribution in [0.25, 0.3) is 16.5 Å². The summed E-state index contributed by atoms with van der Waals surface area (Å²) in [4.78, 5) is 12.7. The highest BCUT2D eigenvalue weighted by atomic mass is 16.1. The number of hydrogen-bond acceptors (Lipinski definition) is 2. The van der Waals surface area contributed by atoms with E-state index in [2.05, 4.69) is 45.9 Å². The Labute approximate surface area is 154 Å². The number of amides is 1. The zero-order valence-electron chi connectivity index (χ0n) is 15.0. The summed E-state index contributed by atoms with van der Waals surface area (Å²) >= 11 is 0. The largest absolute Gasteiger partial charge is 0.349 e. The van der Waals surface area contributed by atoms with Gasteiger partial charge >= 0.3 is 0 Å². The Balaban J connectivity index is 1.62. The molecule has 1 aromatic heterocycles. The zero-order valence-corrected chi connectivity index (χ0v) is 15.0. The molecule has 0 aliphatic heterocycles. The van der Waals surface area contributed by atoms with Gasteiger partial charge in [-0.2, -0.15) is 5.10 Å². The van der Waals surface area contributed by atoms with Crippen LogP contribution in [0.15, 0.2) is 48.6 Å². The molecule has 4 nitrogen and oxygen atoms in total. The molecule has 0 saturated heterocycles. The smallest absolute Gasteiger partial charge is 0.251 e. The van der Waals surface area contributed by atoms with E-state index >= 15 is 0 Å². The van der Waals surface area contributed by atoms with Crippen LogP contribution in [0.5, 0.6) is 0 Å². The normalized spacial score (nSPS) is 22.8. The molecule has 1 heterocycles. The van der Waals surface area contributed by atoms with Crippen molar-refractivity contribution < 1.29 is 4.79 Å². The lowest BCUT2D eigenvalue weighted by Gasteiger charge is -2.22. The third-order valence-corrected chi connectivity index (χ3v) is 5.25. The van der Waals surface area contributed by atoms with Crippen LogP contribution in [0, 0.1) is 0 Å². The van der Waals surface area contributed by atoms with E-state index < -0.39 is 0 Å². The van der Waals surface area contributed by atoms with Gasteiger partial charge < -0.3 is 5.32 Å². The van der Waals surface area contributed by atoms with Crippen molar-refractivity contribution in [2.45, 2.75) is 51.0 Å². The number of aromatic amines is 1. The summed E-state index contributed by atoms with van der Waals surface area (Å²) in [5.41, 5.74) is 3.62. The maximum atomic E-state index is 12.7. The minimum atomic E-state index is 0.0213. The molecular weight excluding hydrogens is 322 g/mol. The van der Waals surface area contributed by atoms with Gasteiger partial charge in [-0.05, 0) is 43.9 Å². The van der Waals surface area contributed by atoms with Gasteiger partial charge in [0.15, 0.2) is 0 Å². The molecular formula is C22H25N3O. The van der Waals surface area contributed by atoms with Crippen LogP contribution >= 0.6 is 0 Å². The molecule has 1 fully saturated rings. The van der Waals surface area contributed by atoms with Crippen LogP contribution in [-0.2, 0) is 0 Å². The van der Waals surface area contributed by atoms with Crippen molar-refractivity contribution in [1.82, 2.24) is 15.5 Å². The van der Waals surface area contributed by atoms with Crippen LogP contribution < -0.4 is 5.32 Å². The number of H-pyrrole nitrogens is 1. The molecule has 0 unspecified atom stereocenters. The Hall–Kier alpha value is -2.62. The second-order valence-corrected chi connectivity index (χ2v) is 7.17. The minimum Gasteiger partial charge on any atom is -0.349 e. The van der Waals surface area contributed by atoms with Gasteiger partial charge in [0, 0.05) is 22.6 Å². The molecule has 1 amide bonds. The van der Waals surface area contributed by atoms with E-state index in [9.17, 15) is 4.79 Å². The first-order valence-electron chi connectivity index (χ1n) is 9.64. The Kier molecular flexibility index (Phi) is 5.00. The molecule has 0 atom stereocenters. The monoisotopic (exact) mass is 347 g/mol. The predicted octanol–water partition coefficient (Wildman–Crippen LogP) is 4.92. The van der Waals surface area contributed by atoms with E-state index in [1.165, 1.54) is 19.3 Å². The van der Waals surface area contributed by atoms with Crippen molar-refractivity contribution in [2.75, 3.05) is 0 Å². The van der Waals surface area contributed by atoms with E-state index in [1.807, 2.05) is 18.2 Å². The van der Waals surface area contributed by atoms with Crippen molar-refractivity contribution in [2.24, 2.45) is 0 Å². The molecule has 2 aliphatic carbocycles. The number of nitrogens with one attached hydrogen (secondary N) is 2. The highest BCUT2D eigenvalue weighted by Crippen LogP contribution is 2.26. The lowest BCUT2D eigenvalue weighted by Crippen LogP contribution is -2.36. The fraction of sp³-hybridized carbons (Fsp3) is 0.364. The molecule has 0 spiro atoms. The number of allylic oxidation sites excluding steroid dienone is 6. The number of hydrogen-bond donors (Lipinski definition) is 2. The average Bonchev–Trinajstić information content (AvgIpc) is 3.05. The van der Waals surface area contributed by atoms with Crippen LogP contribution in [-0.4, -0.2) is 22.1 Å². The Morgan fingerprint density at radius 2 is 1.96 bits per heavy atom. The van der Waals surface area contributed by atoms with Crippen LogP contribution in [0.2, 0.25) is 0 Å². The minimum absolute atomic E-state index is 0.0213. The SMILES string of the molecule is O=C(NC1CCCCC1)c1ccc2[nH]nc(C3=C/C=C\CC/C=C\3)c2c1. The van der Waals surface area contributed by atoms with E-state index in [0.717, 1.165) is 47.9 Å². The summed E-state index contributed by atoms with van der Waals surface area (Å²) < 4.78 is 0. The topological polar surface area (TPSA) is 57.8 Å². The van der Waals surface area contributed by atoms with Crippen molar-refractivity contribution in [1.29, 1.82) is 0 Å².